The van der Waals surface area contributed by atoms with Crippen LogP contribution in [0.3, 0.4) is 0 Å². The van der Waals surface area contributed by atoms with Crippen LogP contribution < -0.4 is 5.73 Å². The van der Waals surface area contributed by atoms with E-state index in [1.165, 1.54) is 17.8 Å². The van der Waals surface area contributed by atoms with E-state index in [0.717, 1.165) is 24.4 Å². The maximum atomic E-state index is 13.5. The number of nitrogens with zero attached hydrogens (tertiary/aromatic N) is 2. The van der Waals surface area contributed by atoms with E-state index < -0.39 is 0 Å². The number of benzene rings is 1. The molecule has 3 nitrogen and oxygen atoms in total. The van der Waals surface area contributed by atoms with Crippen molar-refractivity contribution in [1.82, 2.24) is 9.78 Å². The van der Waals surface area contributed by atoms with Crippen LogP contribution in [0.25, 0.3) is 0 Å². The first kappa shape index (κ1) is 15.1. The van der Waals surface area contributed by atoms with E-state index in [0.29, 0.717) is 10.6 Å². The number of hydrogen-bond donors (Lipinski definition) is 1. The number of thioether (sulfide) groups is 1. The van der Waals surface area contributed by atoms with Gasteiger partial charge < -0.3 is 5.73 Å². The van der Waals surface area contributed by atoms with E-state index in [1.807, 2.05) is 17.7 Å². The molecule has 2 N–H and O–H groups in total. The first-order chi connectivity index (χ1) is 9.60. The highest BCUT2D eigenvalue weighted by Crippen LogP contribution is 2.22. The Balaban J connectivity index is 1.92. The van der Waals surface area contributed by atoms with E-state index >= 15 is 0 Å². The normalized spacial score (nSPS) is 12.6. The van der Waals surface area contributed by atoms with Gasteiger partial charge in [-0.2, -0.15) is 5.10 Å². The van der Waals surface area contributed by atoms with Gasteiger partial charge in [-0.15, -0.1) is 11.8 Å². The van der Waals surface area contributed by atoms with Crippen LogP contribution >= 0.6 is 11.8 Å². The Labute approximate surface area is 123 Å². The van der Waals surface area contributed by atoms with Gasteiger partial charge in [-0.1, -0.05) is 12.1 Å². The van der Waals surface area contributed by atoms with Crippen LogP contribution in [0.15, 0.2) is 35.2 Å². The summed E-state index contributed by atoms with van der Waals surface area (Å²) in [6.45, 7) is 4.89. The summed E-state index contributed by atoms with van der Waals surface area (Å²) in [5, 5.41) is 4.41. The minimum absolute atomic E-state index is 0.0130. The second kappa shape index (κ2) is 6.90. The van der Waals surface area contributed by atoms with Crippen molar-refractivity contribution in [3.05, 3.63) is 47.5 Å². The molecular weight excluding hydrogens is 273 g/mol. The first-order valence-electron chi connectivity index (χ1n) is 6.76. The zero-order valence-corrected chi connectivity index (χ0v) is 12.7. The Bertz CT molecular complexity index is 568. The lowest BCUT2D eigenvalue weighted by Gasteiger charge is -2.12. The van der Waals surface area contributed by atoms with Crippen molar-refractivity contribution in [2.24, 2.45) is 5.73 Å². The molecule has 1 aromatic heterocycles. The maximum absolute atomic E-state index is 13.5. The Morgan fingerprint density at radius 1 is 1.40 bits per heavy atom. The molecule has 0 radical (unpaired) electrons. The van der Waals surface area contributed by atoms with Crippen molar-refractivity contribution in [2.45, 2.75) is 37.8 Å². The van der Waals surface area contributed by atoms with Crippen LogP contribution in [-0.4, -0.2) is 21.6 Å². The van der Waals surface area contributed by atoms with Gasteiger partial charge in [0.2, 0.25) is 0 Å². The fourth-order valence-corrected chi connectivity index (χ4v) is 3.02. The lowest BCUT2D eigenvalue weighted by molar-refractivity contribution is 0.592. The van der Waals surface area contributed by atoms with Gasteiger partial charge in [0.1, 0.15) is 5.82 Å². The fourth-order valence-electron chi connectivity index (χ4n) is 2.12. The van der Waals surface area contributed by atoms with Gasteiger partial charge in [0.25, 0.3) is 0 Å². The SMILES string of the molecule is CCn1nc(C)cc1CC(N)CSc1ccccc1F. The number of aromatic nitrogens is 2. The third kappa shape index (κ3) is 3.84. The molecule has 5 heteroatoms. The topological polar surface area (TPSA) is 43.8 Å². The second-order valence-electron chi connectivity index (χ2n) is 4.80. The molecule has 1 unspecified atom stereocenters. The maximum Gasteiger partial charge on any atom is 0.136 e. The fraction of sp³-hybridized carbons (Fsp3) is 0.400. The molecule has 1 atom stereocenters. The molecule has 0 aliphatic carbocycles. The molecule has 0 aliphatic rings. The summed E-state index contributed by atoms with van der Waals surface area (Å²) in [6.07, 6.45) is 0.760. The van der Waals surface area contributed by atoms with E-state index in [2.05, 4.69) is 18.1 Å². The summed E-state index contributed by atoms with van der Waals surface area (Å²) >= 11 is 1.46. The van der Waals surface area contributed by atoms with Crippen molar-refractivity contribution in [1.29, 1.82) is 0 Å². The number of aryl methyl sites for hydroxylation is 2. The molecule has 1 heterocycles. The van der Waals surface area contributed by atoms with Gasteiger partial charge in [-0.3, -0.25) is 4.68 Å². The molecule has 0 aliphatic heterocycles. The van der Waals surface area contributed by atoms with Crippen LogP contribution in [0.2, 0.25) is 0 Å². The van der Waals surface area contributed by atoms with Crippen LogP contribution in [-0.2, 0) is 13.0 Å². The Hall–Kier alpha value is -1.33. The van der Waals surface area contributed by atoms with Crippen molar-refractivity contribution >= 4 is 11.8 Å². The Morgan fingerprint density at radius 2 is 2.15 bits per heavy atom. The molecule has 1 aromatic carbocycles. The highest BCUT2D eigenvalue weighted by molar-refractivity contribution is 7.99. The largest absolute Gasteiger partial charge is 0.327 e. The van der Waals surface area contributed by atoms with E-state index in [9.17, 15) is 4.39 Å². The molecule has 2 aromatic rings. The molecular formula is C15H20FN3S. The zero-order chi connectivity index (χ0) is 14.5. The second-order valence-corrected chi connectivity index (χ2v) is 5.86. The van der Waals surface area contributed by atoms with Crippen LogP contribution in [0, 0.1) is 12.7 Å². The van der Waals surface area contributed by atoms with Gasteiger partial charge in [-0.05, 0) is 32.0 Å². The lowest BCUT2D eigenvalue weighted by Crippen LogP contribution is -2.27. The molecule has 0 spiro atoms. The predicted molar refractivity (Wildman–Crippen MR) is 81.4 cm³/mol. The molecule has 0 bridgehead atoms. The number of nitrogens with two attached hydrogens (primary N) is 1. The summed E-state index contributed by atoms with van der Waals surface area (Å²) in [5.74, 6) is 0.508. The van der Waals surface area contributed by atoms with Gasteiger partial charge in [0.05, 0.1) is 5.69 Å². The highest BCUT2D eigenvalue weighted by Gasteiger charge is 2.11. The van der Waals surface area contributed by atoms with Crippen LogP contribution in [0.1, 0.15) is 18.3 Å². The number of hydrogen-bond acceptors (Lipinski definition) is 3. The molecule has 2 rings (SSSR count). The first-order valence-corrected chi connectivity index (χ1v) is 7.75. The minimum atomic E-state index is -0.181. The van der Waals surface area contributed by atoms with Crippen molar-refractivity contribution in [2.75, 3.05) is 5.75 Å². The van der Waals surface area contributed by atoms with Crippen molar-refractivity contribution in [3.8, 4) is 0 Å². The highest BCUT2D eigenvalue weighted by atomic mass is 32.2. The van der Waals surface area contributed by atoms with Crippen molar-refractivity contribution < 1.29 is 4.39 Å². The van der Waals surface area contributed by atoms with Gasteiger partial charge in [0.15, 0.2) is 0 Å². The van der Waals surface area contributed by atoms with Crippen LogP contribution in [0.4, 0.5) is 4.39 Å². The molecule has 0 fully saturated rings. The monoisotopic (exact) mass is 293 g/mol. The Morgan fingerprint density at radius 3 is 2.85 bits per heavy atom. The van der Waals surface area contributed by atoms with Gasteiger partial charge in [-0.25, -0.2) is 4.39 Å². The predicted octanol–water partition coefficient (Wildman–Crippen LogP) is 3.01. The quantitative estimate of drug-likeness (QED) is 0.833. The number of halogens is 1. The lowest BCUT2D eigenvalue weighted by atomic mass is 10.2. The molecule has 20 heavy (non-hydrogen) atoms. The van der Waals surface area contributed by atoms with Gasteiger partial charge in [0, 0.05) is 35.3 Å². The smallest absolute Gasteiger partial charge is 0.136 e. The minimum Gasteiger partial charge on any atom is -0.327 e. The average Bonchev–Trinajstić information content (AvgIpc) is 2.78. The third-order valence-corrected chi connectivity index (χ3v) is 4.28. The summed E-state index contributed by atoms with van der Waals surface area (Å²) in [4.78, 5) is 0.656. The summed E-state index contributed by atoms with van der Waals surface area (Å²) in [5.41, 5.74) is 8.31. The summed E-state index contributed by atoms with van der Waals surface area (Å²) in [7, 11) is 0. The molecule has 108 valence electrons. The van der Waals surface area contributed by atoms with E-state index in [1.54, 1.807) is 12.1 Å². The third-order valence-electron chi connectivity index (χ3n) is 3.05. The standard InChI is InChI=1S/C15H20FN3S/c1-3-19-13(8-11(2)18-19)9-12(17)10-20-15-7-5-4-6-14(15)16/h4-8,12H,3,9-10,17H2,1-2H3. The number of rotatable bonds is 6. The summed E-state index contributed by atoms with van der Waals surface area (Å²) < 4.78 is 15.5. The zero-order valence-electron chi connectivity index (χ0n) is 11.8. The average molecular weight is 293 g/mol. The summed E-state index contributed by atoms with van der Waals surface area (Å²) in [6, 6.07) is 8.85. The van der Waals surface area contributed by atoms with E-state index in [4.69, 9.17) is 5.73 Å². The Kier molecular flexibility index (Phi) is 5.20. The van der Waals surface area contributed by atoms with Crippen molar-refractivity contribution in [3.63, 3.8) is 0 Å². The molecule has 0 amide bonds. The van der Waals surface area contributed by atoms with Crippen LogP contribution in [0.5, 0.6) is 0 Å². The molecule has 0 saturated heterocycles. The van der Waals surface area contributed by atoms with Gasteiger partial charge >= 0.3 is 0 Å². The van der Waals surface area contributed by atoms with E-state index in [-0.39, 0.29) is 11.9 Å². The molecule has 0 saturated carbocycles.